The Bertz CT molecular complexity index is 1300. The molecule has 0 spiro atoms. The van der Waals surface area contributed by atoms with Crippen molar-refractivity contribution >= 4 is 45.1 Å². The Morgan fingerprint density at radius 3 is 2.68 bits per heavy atom. The van der Waals surface area contributed by atoms with Crippen molar-refractivity contribution in [2.24, 2.45) is 16.6 Å². The molecule has 0 amide bonds. The zero-order valence-electron chi connectivity index (χ0n) is 22.0. The molecular weight excluding hydrogens is 526 g/mol. The van der Waals surface area contributed by atoms with E-state index in [0.29, 0.717) is 5.92 Å². The summed E-state index contributed by atoms with van der Waals surface area (Å²) in [6, 6.07) is 6.22. The van der Waals surface area contributed by atoms with Crippen molar-refractivity contribution in [2.45, 2.75) is 51.6 Å². The summed E-state index contributed by atoms with van der Waals surface area (Å²) < 4.78 is 31.7. The molecule has 1 saturated carbocycles. The normalized spacial score (nSPS) is 17.5. The van der Waals surface area contributed by atoms with Gasteiger partial charge in [-0.3, -0.25) is 4.99 Å². The second kappa shape index (κ2) is 12.3. The van der Waals surface area contributed by atoms with Crippen molar-refractivity contribution in [1.29, 1.82) is 0 Å². The molecular formula is C26H36ClN7O3S. The standard InChI is InChI=1S/C26H36ClN7O3S/c1-16(2)15-38(35,36)24(28)22(14-29-3)32-25-20(27)13-31-26(34-25)33-21-7-4-18(17-8-10-30-11-9-17)12-23(21)37-19-5-6-19/h4,7,12-14,16-17,19,30H,5-6,8-11,15,28H2,1-3H3,(H2,31,32,33,34). The second-order valence-electron chi connectivity index (χ2n) is 10.1. The number of nitrogens with zero attached hydrogens (tertiary/aromatic N) is 3. The number of nitrogens with two attached hydrogens (primary N) is 1. The molecule has 1 aromatic carbocycles. The fourth-order valence-corrected chi connectivity index (χ4v) is 5.89. The third-order valence-corrected chi connectivity index (χ3v) is 8.56. The van der Waals surface area contributed by atoms with E-state index in [9.17, 15) is 8.42 Å². The third-order valence-electron chi connectivity index (χ3n) is 6.29. The van der Waals surface area contributed by atoms with Gasteiger partial charge in [-0.2, -0.15) is 4.98 Å². The summed E-state index contributed by atoms with van der Waals surface area (Å²) in [7, 11) is -2.19. The molecule has 2 fully saturated rings. The molecule has 206 valence electrons. The van der Waals surface area contributed by atoms with E-state index in [4.69, 9.17) is 22.1 Å². The van der Waals surface area contributed by atoms with Crippen LogP contribution in [0.2, 0.25) is 5.02 Å². The second-order valence-corrected chi connectivity index (χ2v) is 12.5. The van der Waals surface area contributed by atoms with Gasteiger partial charge in [-0.25, -0.2) is 13.4 Å². The largest absolute Gasteiger partial charge is 0.488 e. The highest BCUT2D eigenvalue weighted by Crippen LogP contribution is 2.37. The predicted molar refractivity (Wildman–Crippen MR) is 153 cm³/mol. The molecule has 0 bridgehead atoms. The Kier molecular flexibility index (Phi) is 9.11. The molecule has 1 aliphatic heterocycles. The van der Waals surface area contributed by atoms with Gasteiger partial charge >= 0.3 is 0 Å². The van der Waals surface area contributed by atoms with E-state index in [1.807, 2.05) is 19.9 Å². The summed E-state index contributed by atoms with van der Waals surface area (Å²) >= 11 is 6.36. The molecule has 0 radical (unpaired) electrons. The van der Waals surface area contributed by atoms with Gasteiger partial charge in [0.1, 0.15) is 10.8 Å². The first-order valence-electron chi connectivity index (χ1n) is 12.9. The number of allylic oxidation sites excluding steroid dienone is 1. The van der Waals surface area contributed by atoms with Gasteiger partial charge < -0.3 is 26.4 Å². The van der Waals surface area contributed by atoms with Gasteiger partial charge in [0.05, 0.1) is 29.4 Å². The Balaban J connectivity index is 1.60. The number of ether oxygens (including phenoxy) is 1. The highest BCUT2D eigenvalue weighted by atomic mass is 35.5. The minimum absolute atomic E-state index is 0.0868. The van der Waals surface area contributed by atoms with Crippen molar-refractivity contribution in [3.8, 4) is 5.75 Å². The van der Waals surface area contributed by atoms with E-state index in [-0.39, 0.29) is 45.3 Å². The number of rotatable bonds is 11. The van der Waals surface area contributed by atoms with E-state index < -0.39 is 9.84 Å². The fraction of sp³-hybridized carbons (Fsp3) is 0.500. The highest BCUT2D eigenvalue weighted by Gasteiger charge is 2.26. The summed E-state index contributed by atoms with van der Waals surface area (Å²) in [4.78, 5) is 12.7. The molecule has 12 heteroatoms. The molecule has 5 N–H and O–H groups in total. The van der Waals surface area contributed by atoms with E-state index in [2.05, 4.69) is 43.0 Å². The molecule has 2 aromatic rings. The molecule has 1 saturated heterocycles. The topological polar surface area (TPSA) is 144 Å². The van der Waals surface area contributed by atoms with Gasteiger partial charge in [-0.15, -0.1) is 0 Å². The van der Waals surface area contributed by atoms with Gasteiger partial charge in [0, 0.05) is 13.3 Å². The Morgan fingerprint density at radius 2 is 2.03 bits per heavy atom. The van der Waals surface area contributed by atoms with Crippen LogP contribution in [0.15, 0.2) is 40.1 Å². The third kappa shape index (κ3) is 7.36. The number of hydrogen-bond donors (Lipinski definition) is 4. The Morgan fingerprint density at radius 1 is 1.29 bits per heavy atom. The number of piperidine rings is 1. The van der Waals surface area contributed by atoms with Gasteiger partial charge in [-0.1, -0.05) is 31.5 Å². The summed E-state index contributed by atoms with van der Waals surface area (Å²) in [6.07, 6.45) is 7.26. The number of aromatic nitrogens is 2. The minimum Gasteiger partial charge on any atom is -0.488 e. The van der Waals surface area contributed by atoms with Gasteiger partial charge in [0.2, 0.25) is 5.95 Å². The van der Waals surface area contributed by atoms with Crippen LogP contribution in [-0.4, -0.2) is 56.6 Å². The first kappa shape index (κ1) is 28.1. The molecule has 0 unspecified atom stereocenters. The molecule has 4 rings (SSSR count). The van der Waals surface area contributed by atoms with E-state index >= 15 is 0 Å². The zero-order chi connectivity index (χ0) is 27.3. The number of hydrogen-bond acceptors (Lipinski definition) is 10. The molecule has 1 aromatic heterocycles. The number of sulfone groups is 1. The Labute approximate surface area is 229 Å². The van der Waals surface area contributed by atoms with Gasteiger partial charge in [0.15, 0.2) is 20.7 Å². The number of benzene rings is 1. The number of nitrogens with one attached hydrogen (secondary N) is 3. The van der Waals surface area contributed by atoms with Crippen molar-refractivity contribution < 1.29 is 13.2 Å². The quantitative estimate of drug-likeness (QED) is 0.297. The van der Waals surface area contributed by atoms with E-state index in [1.54, 1.807) is 0 Å². The van der Waals surface area contributed by atoms with Crippen LogP contribution in [0.1, 0.15) is 51.0 Å². The maximum absolute atomic E-state index is 12.7. The summed E-state index contributed by atoms with van der Waals surface area (Å²) in [6.45, 7) is 5.65. The van der Waals surface area contributed by atoms with Crippen LogP contribution >= 0.6 is 11.6 Å². The number of halogens is 1. The first-order valence-corrected chi connectivity index (χ1v) is 14.9. The summed E-state index contributed by atoms with van der Waals surface area (Å²) in [5, 5.41) is 9.45. The Hall–Kier alpha value is -2.89. The van der Waals surface area contributed by atoms with Crippen molar-refractivity contribution in [3.05, 3.63) is 45.7 Å². The van der Waals surface area contributed by atoms with Crippen molar-refractivity contribution in [1.82, 2.24) is 15.3 Å². The lowest BCUT2D eigenvalue weighted by Crippen LogP contribution is -2.26. The maximum atomic E-state index is 12.7. The SMILES string of the molecule is CN=CC(Nc1nc(Nc2ccc(C3CCNCC3)cc2OC2CC2)ncc1Cl)=C(N)S(=O)(=O)CC(C)C. The lowest BCUT2D eigenvalue weighted by Gasteiger charge is -2.24. The minimum atomic E-state index is -3.72. The summed E-state index contributed by atoms with van der Waals surface area (Å²) in [5.74, 6) is 1.53. The fourth-order valence-electron chi connectivity index (χ4n) is 4.26. The van der Waals surface area contributed by atoms with E-state index in [0.717, 1.165) is 50.2 Å². The molecule has 0 atom stereocenters. The van der Waals surface area contributed by atoms with Crippen LogP contribution in [0.25, 0.3) is 0 Å². The zero-order valence-corrected chi connectivity index (χ0v) is 23.6. The smallest absolute Gasteiger partial charge is 0.229 e. The monoisotopic (exact) mass is 561 g/mol. The number of aliphatic imine (C=N–C) groups is 1. The van der Waals surface area contributed by atoms with Crippen LogP contribution in [-0.2, 0) is 9.84 Å². The first-order chi connectivity index (χ1) is 18.2. The molecule has 2 aliphatic rings. The highest BCUT2D eigenvalue weighted by molar-refractivity contribution is 7.95. The van der Waals surface area contributed by atoms with Crippen LogP contribution < -0.4 is 26.4 Å². The summed E-state index contributed by atoms with van der Waals surface area (Å²) in [5.41, 5.74) is 8.15. The maximum Gasteiger partial charge on any atom is 0.229 e. The van der Waals surface area contributed by atoms with Crippen molar-refractivity contribution in [3.63, 3.8) is 0 Å². The lowest BCUT2D eigenvalue weighted by molar-refractivity contribution is 0.304. The molecule has 38 heavy (non-hydrogen) atoms. The van der Waals surface area contributed by atoms with Crippen LogP contribution in [0, 0.1) is 5.92 Å². The molecule has 10 nitrogen and oxygen atoms in total. The lowest BCUT2D eigenvalue weighted by atomic mass is 9.90. The van der Waals surface area contributed by atoms with Crippen LogP contribution in [0.5, 0.6) is 5.75 Å². The molecule has 1 aliphatic carbocycles. The van der Waals surface area contributed by atoms with E-state index in [1.165, 1.54) is 25.0 Å². The average molecular weight is 562 g/mol. The van der Waals surface area contributed by atoms with Gasteiger partial charge in [0.25, 0.3) is 0 Å². The van der Waals surface area contributed by atoms with Crippen LogP contribution in [0.3, 0.4) is 0 Å². The predicted octanol–water partition coefficient (Wildman–Crippen LogP) is 4.19. The average Bonchev–Trinajstić information content (AvgIpc) is 3.70. The van der Waals surface area contributed by atoms with Crippen LogP contribution in [0.4, 0.5) is 17.5 Å². The number of anilines is 3. The van der Waals surface area contributed by atoms with Crippen molar-refractivity contribution in [2.75, 3.05) is 36.5 Å². The molecule has 2 heterocycles. The van der Waals surface area contributed by atoms with Gasteiger partial charge in [-0.05, 0) is 68.3 Å².